The molecule has 8 aromatic rings. The van der Waals surface area contributed by atoms with Crippen LogP contribution in [0.25, 0.3) is 28.4 Å². The molecule has 5 aromatic carbocycles. The van der Waals surface area contributed by atoms with E-state index in [4.69, 9.17) is 4.74 Å². The van der Waals surface area contributed by atoms with Crippen molar-refractivity contribution in [3.8, 4) is 28.4 Å². The fourth-order valence-electron chi connectivity index (χ4n) is 16.7. The molecule has 10 heterocycles. The number of rotatable bonds is 17. The zero-order valence-corrected chi connectivity index (χ0v) is 52.9. The number of ether oxygens (including phenoxy) is 1. The van der Waals surface area contributed by atoms with Crippen molar-refractivity contribution in [3.05, 3.63) is 203 Å². The molecule has 0 bridgehead atoms. The van der Waals surface area contributed by atoms with E-state index in [0.717, 1.165) is 113 Å². The standard InChI is InChI=1S/C75H82F3N9O7/c76-75(77,78)54-12-10-49(11-13-54)35-73(92)81-28-20-52(21-29-81)70(89)40-61-58-37-55(14-16-64(58)85-45-79-42-66(61)85)84-44-68-62(41-71(90)53-22-30-82(31-23-53)74(93)36-50-24-32-94-33-25-50)59-38-56(15-17-65(59)87(68)47-84)83-43-67-60(57-8-4-5-9-63(57)86(67)46-83)39-69(88)51-18-26-80(27-19-51)72(91)34-48-6-2-1-3-7-48/h1-17,37-38,42-47,50-53,60-62,69-71,88-90H,18-36,39-41H2/q+2. The molecule has 4 fully saturated rings. The van der Waals surface area contributed by atoms with Crippen LogP contribution in [0.15, 0.2) is 153 Å². The van der Waals surface area contributed by atoms with E-state index in [1.165, 1.54) is 17.7 Å². The molecule has 7 aliphatic heterocycles. The number of fused-ring (bicyclic) bond motifs is 9. The Morgan fingerprint density at radius 1 is 0.511 bits per heavy atom. The van der Waals surface area contributed by atoms with Gasteiger partial charge in [0.15, 0.2) is 11.4 Å². The van der Waals surface area contributed by atoms with Gasteiger partial charge in [0.05, 0.1) is 66.3 Å². The van der Waals surface area contributed by atoms with Crippen LogP contribution >= 0.6 is 0 Å². The number of halogens is 3. The first kappa shape index (κ1) is 61.9. The second kappa shape index (κ2) is 25.8. The Kier molecular flexibility index (Phi) is 17.0. The maximum Gasteiger partial charge on any atom is 0.416 e. The molecule has 15 rings (SSSR count). The van der Waals surface area contributed by atoms with Crippen molar-refractivity contribution >= 4 is 17.7 Å². The maximum absolute atomic E-state index is 13.6. The van der Waals surface area contributed by atoms with E-state index in [0.29, 0.717) is 109 Å². The van der Waals surface area contributed by atoms with Crippen molar-refractivity contribution < 1.29 is 56.7 Å². The fraction of sp³-hybridized carbons (Fsp3) is 0.440. The second-order valence-corrected chi connectivity index (χ2v) is 27.6. The SMILES string of the molecule is O=C(Cc1ccc(C(F)(F)F)cc1)N1CCC(C(O)CC2c3cc(-[n+]4cc5n(c4)-c4ccc(-[n+]6cc7n(c6)-c6ccccc6C7CC(O)C6CCN(C(=O)Cc7ccccc7)CC6)cc4C5CC(O)C4CCN(C(=O)CC5CCOCC5)CC4)ccc3-n3cncc32)CC1. The van der Waals surface area contributed by atoms with Crippen molar-refractivity contribution in [2.45, 2.75) is 132 Å². The number of carbonyl (C=O) groups is 3. The predicted octanol–water partition coefficient (Wildman–Crippen LogP) is 9.63. The third-order valence-electron chi connectivity index (χ3n) is 22.2. The van der Waals surface area contributed by atoms with E-state index in [1.54, 1.807) is 4.90 Å². The Hall–Kier alpha value is -8.23. The third kappa shape index (κ3) is 12.2. The Morgan fingerprint density at radius 2 is 0.957 bits per heavy atom. The number of imidazole rings is 3. The Balaban J connectivity index is 0.670. The lowest BCUT2D eigenvalue weighted by atomic mass is 9.83. The van der Waals surface area contributed by atoms with Crippen LogP contribution in [-0.4, -0.2) is 137 Å². The van der Waals surface area contributed by atoms with Crippen LogP contribution in [0.4, 0.5) is 13.2 Å². The minimum Gasteiger partial charge on any atom is -0.393 e. The van der Waals surface area contributed by atoms with Crippen molar-refractivity contribution in [3.63, 3.8) is 0 Å². The number of para-hydroxylation sites is 1. The quantitative estimate of drug-likeness (QED) is 0.0759. The van der Waals surface area contributed by atoms with Crippen LogP contribution < -0.4 is 9.13 Å². The lowest BCUT2D eigenvalue weighted by Crippen LogP contribution is -2.42. The van der Waals surface area contributed by atoms with Gasteiger partial charge in [-0.2, -0.15) is 22.3 Å². The first-order valence-electron chi connectivity index (χ1n) is 34.0. The number of aliphatic hydroxyl groups is 3. The average Bonchev–Trinajstić information content (AvgIpc) is 1.58. The molecule has 16 nitrogen and oxygen atoms in total. The number of aromatic nitrogens is 6. The van der Waals surface area contributed by atoms with Crippen LogP contribution in [0.3, 0.4) is 0 Å². The van der Waals surface area contributed by atoms with Gasteiger partial charge in [-0.15, -0.1) is 0 Å². The predicted molar refractivity (Wildman–Crippen MR) is 344 cm³/mol. The number of nitrogens with zero attached hydrogens (tertiary/aromatic N) is 9. The number of hydrogen-bond acceptors (Lipinski definition) is 8. The number of piperidine rings is 3. The van der Waals surface area contributed by atoms with Gasteiger partial charge in [-0.05, 0) is 166 Å². The van der Waals surface area contributed by atoms with Gasteiger partial charge in [0.1, 0.15) is 35.1 Å². The molecule has 3 N–H and O–H groups in total. The lowest BCUT2D eigenvalue weighted by molar-refractivity contribution is -0.595. The van der Waals surface area contributed by atoms with Crippen molar-refractivity contribution in [2.24, 2.45) is 23.7 Å². The molecule has 0 saturated carbocycles. The smallest absolute Gasteiger partial charge is 0.393 e. The number of alkyl halides is 3. The van der Waals surface area contributed by atoms with Crippen LogP contribution in [0.5, 0.6) is 0 Å². The summed E-state index contributed by atoms with van der Waals surface area (Å²) in [4.78, 5) is 50.4. The van der Waals surface area contributed by atoms with E-state index < -0.39 is 30.1 Å². The minimum absolute atomic E-state index is 0.0150. The number of benzene rings is 5. The molecule has 4 saturated heterocycles. The van der Waals surface area contributed by atoms with Crippen molar-refractivity contribution in [1.29, 1.82) is 0 Å². The van der Waals surface area contributed by atoms with Crippen molar-refractivity contribution in [1.82, 2.24) is 33.4 Å². The second-order valence-electron chi connectivity index (χ2n) is 27.6. The van der Waals surface area contributed by atoms with Gasteiger partial charge in [0, 0.05) is 82.1 Å². The highest BCUT2D eigenvalue weighted by molar-refractivity contribution is 5.79. The van der Waals surface area contributed by atoms with E-state index in [9.17, 15) is 42.9 Å². The van der Waals surface area contributed by atoms with Crippen LogP contribution in [0.2, 0.25) is 0 Å². The van der Waals surface area contributed by atoms with E-state index in [2.05, 4.69) is 114 Å². The summed E-state index contributed by atoms with van der Waals surface area (Å²) in [7, 11) is 0. The van der Waals surface area contributed by atoms with Gasteiger partial charge >= 0.3 is 6.18 Å². The summed E-state index contributed by atoms with van der Waals surface area (Å²) in [6, 6.07) is 36.2. The first-order chi connectivity index (χ1) is 45.6. The highest BCUT2D eigenvalue weighted by Gasteiger charge is 2.44. The summed E-state index contributed by atoms with van der Waals surface area (Å²) in [6.07, 6.45) is 14.6. The Morgan fingerprint density at radius 3 is 1.48 bits per heavy atom. The molecule has 488 valence electrons. The number of hydrogen-bond donors (Lipinski definition) is 3. The van der Waals surface area contributed by atoms with E-state index in [1.807, 2.05) is 52.7 Å². The van der Waals surface area contributed by atoms with Gasteiger partial charge in [-0.3, -0.25) is 14.4 Å². The van der Waals surface area contributed by atoms with Crippen molar-refractivity contribution in [2.75, 3.05) is 52.5 Å². The molecule has 6 atom stereocenters. The first-order valence-corrected chi connectivity index (χ1v) is 34.0. The number of carbonyl (C=O) groups excluding carboxylic acids is 3. The molecule has 6 unspecified atom stereocenters. The molecule has 0 spiro atoms. The zero-order valence-electron chi connectivity index (χ0n) is 52.9. The van der Waals surface area contributed by atoms with E-state index >= 15 is 0 Å². The summed E-state index contributed by atoms with van der Waals surface area (Å²) >= 11 is 0. The molecule has 3 amide bonds. The monoisotopic (exact) mass is 1280 g/mol. The highest BCUT2D eigenvalue weighted by Crippen LogP contribution is 2.47. The molecule has 3 aromatic heterocycles. The topological polar surface area (TPSA) is 166 Å². The minimum atomic E-state index is -4.45. The highest BCUT2D eigenvalue weighted by atomic mass is 19.4. The molecule has 94 heavy (non-hydrogen) atoms. The van der Waals surface area contributed by atoms with Crippen LogP contribution in [0, 0.1) is 23.7 Å². The summed E-state index contributed by atoms with van der Waals surface area (Å²) in [5.74, 6) is 0.236. The summed E-state index contributed by atoms with van der Waals surface area (Å²) in [5.41, 5.74) is 12.4. The Bertz CT molecular complexity index is 4080. The van der Waals surface area contributed by atoms with Crippen LogP contribution in [-0.2, 0) is 38.1 Å². The third-order valence-corrected chi connectivity index (χ3v) is 22.2. The van der Waals surface area contributed by atoms with E-state index in [-0.39, 0.29) is 59.6 Å². The molecular formula is C75H82F3N9O7+2. The molecule has 19 heteroatoms. The normalized spacial score (nSPS) is 20.9. The molecule has 0 radical (unpaired) electrons. The summed E-state index contributed by atoms with van der Waals surface area (Å²) in [5, 5.41) is 36.5. The molecule has 7 aliphatic rings. The van der Waals surface area contributed by atoms with Gasteiger partial charge in [0.2, 0.25) is 17.7 Å². The lowest BCUT2D eigenvalue weighted by Gasteiger charge is -2.35. The number of likely N-dealkylation sites (tertiary alicyclic amines) is 3. The fourth-order valence-corrected chi connectivity index (χ4v) is 16.7. The number of amides is 3. The molecule has 0 aliphatic carbocycles. The van der Waals surface area contributed by atoms with Gasteiger partial charge < -0.3 is 39.3 Å². The Labute approximate surface area is 545 Å². The van der Waals surface area contributed by atoms with Gasteiger partial charge in [-0.1, -0.05) is 60.7 Å². The maximum atomic E-state index is 13.6. The summed E-state index contributed by atoms with van der Waals surface area (Å²) in [6.45, 7) is 4.87. The zero-order chi connectivity index (χ0) is 64.4. The summed E-state index contributed by atoms with van der Waals surface area (Å²) < 4.78 is 56.1. The van der Waals surface area contributed by atoms with Gasteiger partial charge in [-0.25, -0.2) is 14.1 Å². The van der Waals surface area contributed by atoms with Crippen LogP contribution in [0.1, 0.15) is 145 Å². The average molecular weight is 1280 g/mol. The largest absolute Gasteiger partial charge is 0.416 e. The van der Waals surface area contributed by atoms with Gasteiger partial charge in [0.25, 0.3) is 12.7 Å². The number of aliphatic hydroxyl groups excluding tert-OH is 3. The molecular weight excluding hydrogens is 1200 g/mol.